The van der Waals surface area contributed by atoms with Crippen molar-refractivity contribution < 1.29 is 8.42 Å². The fourth-order valence-corrected chi connectivity index (χ4v) is 4.94. The zero-order chi connectivity index (χ0) is 18.1. The zero-order valence-electron chi connectivity index (χ0n) is 14.4. The molecule has 0 aromatic carbocycles. The number of aliphatic imine (C=N–C) groups is 1. The molecule has 0 spiro atoms. The first kappa shape index (κ1) is 19.9. The maximum atomic E-state index is 12.0. The van der Waals surface area contributed by atoms with Gasteiger partial charge in [0.2, 0.25) is 10.0 Å². The summed E-state index contributed by atoms with van der Waals surface area (Å²) in [7, 11) is -3.41. The molecule has 0 fully saturated rings. The second kappa shape index (κ2) is 9.91. The Hall–Kier alpha value is -1.42. The van der Waals surface area contributed by atoms with Gasteiger partial charge < -0.3 is 10.6 Å². The van der Waals surface area contributed by atoms with Gasteiger partial charge in [-0.2, -0.15) is 11.3 Å². The van der Waals surface area contributed by atoms with Crippen LogP contribution in [0.2, 0.25) is 0 Å². The SMILES string of the molecule is CCNC(=NCC(C)c1ccsc1)NCCNS(=O)(=O)c1cccs1. The third-order valence-corrected chi connectivity index (χ3v) is 7.01. The lowest BCUT2D eigenvalue weighted by Crippen LogP contribution is -2.41. The Labute approximate surface area is 157 Å². The lowest BCUT2D eigenvalue weighted by Gasteiger charge is -2.13. The van der Waals surface area contributed by atoms with Crippen molar-refractivity contribution in [3.63, 3.8) is 0 Å². The third-order valence-electron chi connectivity index (χ3n) is 3.45. The van der Waals surface area contributed by atoms with Crippen LogP contribution in [-0.4, -0.2) is 40.6 Å². The van der Waals surface area contributed by atoms with Crippen LogP contribution in [0.25, 0.3) is 0 Å². The maximum absolute atomic E-state index is 12.0. The quantitative estimate of drug-likeness (QED) is 0.343. The first-order valence-electron chi connectivity index (χ1n) is 8.10. The molecule has 0 amide bonds. The number of thiophene rings is 2. The number of rotatable bonds is 9. The molecule has 2 aromatic rings. The molecule has 1 atom stereocenters. The Morgan fingerprint density at radius 3 is 2.72 bits per heavy atom. The first-order chi connectivity index (χ1) is 12.0. The van der Waals surface area contributed by atoms with Crippen LogP contribution >= 0.6 is 22.7 Å². The van der Waals surface area contributed by atoms with Gasteiger partial charge in [0.15, 0.2) is 5.96 Å². The van der Waals surface area contributed by atoms with Crippen molar-refractivity contribution in [1.82, 2.24) is 15.4 Å². The van der Waals surface area contributed by atoms with Crippen LogP contribution in [0.4, 0.5) is 0 Å². The second-order valence-corrected chi connectivity index (χ2v) is 9.16. The molecular formula is C16H24N4O2S3. The number of nitrogens with one attached hydrogen (secondary N) is 3. The first-order valence-corrected chi connectivity index (χ1v) is 11.4. The highest BCUT2D eigenvalue weighted by Crippen LogP contribution is 2.18. The summed E-state index contributed by atoms with van der Waals surface area (Å²) in [4.78, 5) is 4.58. The van der Waals surface area contributed by atoms with Crippen molar-refractivity contribution in [2.75, 3.05) is 26.2 Å². The Morgan fingerprint density at radius 1 is 1.24 bits per heavy atom. The fourth-order valence-electron chi connectivity index (χ4n) is 2.08. The fraction of sp³-hybridized carbons (Fsp3) is 0.438. The Bertz CT molecular complexity index is 740. The van der Waals surface area contributed by atoms with Crippen LogP contribution < -0.4 is 15.4 Å². The summed E-state index contributed by atoms with van der Waals surface area (Å²) in [5, 5.41) is 12.3. The highest BCUT2D eigenvalue weighted by Gasteiger charge is 2.13. The lowest BCUT2D eigenvalue weighted by molar-refractivity contribution is 0.582. The molecule has 0 aliphatic rings. The van der Waals surface area contributed by atoms with Crippen molar-refractivity contribution >= 4 is 38.7 Å². The average Bonchev–Trinajstić information content (AvgIpc) is 3.29. The Balaban J connectivity index is 1.80. The molecule has 2 heterocycles. The van der Waals surface area contributed by atoms with Gasteiger partial charge in [-0.25, -0.2) is 13.1 Å². The van der Waals surface area contributed by atoms with Crippen molar-refractivity contribution in [3.8, 4) is 0 Å². The molecule has 2 rings (SSSR count). The van der Waals surface area contributed by atoms with Gasteiger partial charge in [-0.3, -0.25) is 4.99 Å². The number of nitrogens with zero attached hydrogens (tertiary/aromatic N) is 1. The van der Waals surface area contributed by atoms with Gasteiger partial charge in [-0.1, -0.05) is 13.0 Å². The van der Waals surface area contributed by atoms with E-state index in [-0.39, 0.29) is 0 Å². The molecule has 0 saturated heterocycles. The minimum atomic E-state index is -3.41. The standard InChI is InChI=1S/C16H24N4O2S3/c1-3-17-16(19-11-13(2)14-6-10-23-12-14)18-7-8-20-25(21,22)15-5-4-9-24-15/h4-6,9-10,12-13,20H,3,7-8,11H2,1-2H3,(H2,17,18,19). The summed E-state index contributed by atoms with van der Waals surface area (Å²) in [5.74, 6) is 1.04. The summed E-state index contributed by atoms with van der Waals surface area (Å²) in [6, 6.07) is 5.43. The van der Waals surface area contributed by atoms with Crippen molar-refractivity contribution in [2.45, 2.75) is 24.0 Å². The van der Waals surface area contributed by atoms with Gasteiger partial charge in [0.1, 0.15) is 4.21 Å². The van der Waals surface area contributed by atoms with E-state index in [1.165, 1.54) is 16.9 Å². The van der Waals surface area contributed by atoms with Crippen LogP contribution in [0.15, 0.2) is 43.5 Å². The molecule has 1 unspecified atom stereocenters. The van der Waals surface area contributed by atoms with E-state index in [2.05, 4.69) is 44.1 Å². The van der Waals surface area contributed by atoms with Gasteiger partial charge in [0.25, 0.3) is 0 Å². The second-order valence-electron chi connectivity index (χ2n) is 5.43. The van der Waals surface area contributed by atoms with Crippen LogP contribution in [0.5, 0.6) is 0 Å². The van der Waals surface area contributed by atoms with Crippen molar-refractivity contribution in [3.05, 3.63) is 39.9 Å². The summed E-state index contributed by atoms with van der Waals surface area (Å²) in [6.45, 7) is 6.32. The lowest BCUT2D eigenvalue weighted by atomic mass is 10.1. The molecule has 0 radical (unpaired) electrons. The predicted molar refractivity (Wildman–Crippen MR) is 106 cm³/mol. The van der Waals surface area contributed by atoms with Crippen molar-refractivity contribution in [2.24, 2.45) is 4.99 Å². The molecule has 9 heteroatoms. The Kier molecular flexibility index (Phi) is 7.89. The molecule has 138 valence electrons. The number of hydrogen-bond donors (Lipinski definition) is 3. The van der Waals surface area contributed by atoms with Crippen LogP contribution in [0, 0.1) is 0 Å². The summed E-state index contributed by atoms with van der Waals surface area (Å²) >= 11 is 2.89. The monoisotopic (exact) mass is 400 g/mol. The summed E-state index contributed by atoms with van der Waals surface area (Å²) in [5.41, 5.74) is 1.29. The van der Waals surface area contributed by atoms with Crippen LogP contribution in [0.3, 0.4) is 0 Å². The van der Waals surface area contributed by atoms with Crippen LogP contribution in [-0.2, 0) is 10.0 Å². The van der Waals surface area contributed by atoms with E-state index in [1.807, 2.05) is 6.92 Å². The minimum absolute atomic E-state index is 0.296. The van der Waals surface area contributed by atoms with E-state index in [9.17, 15) is 8.42 Å². The van der Waals surface area contributed by atoms with E-state index >= 15 is 0 Å². The summed E-state index contributed by atoms with van der Waals surface area (Å²) < 4.78 is 27.0. The smallest absolute Gasteiger partial charge is 0.250 e. The molecule has 0 aliphatic heterocycles. The van der Waals surface area contributed by atoms with Gasteiger partial charge >= 0.3 is 0 Å². The summed E-state index contributed by atoms with van der Waals surface area (Å²) in [6.07, 6.45) is 0. The normalized spacial score (nSPS) is 13.6. The molecule has 3 N–H and O–H groups in total. The van der Waals surface area contributed by atoms with Gasteiger partial charge in [0.05, 0.1) is 0 Å². The largest absolute Gasteiger partial charge is 0.357 e. The zero-order valence-corrected chi connectivity index (χ0v) is 16.8. The third kappa shape index (κ3) is 6.43. The van der Waals surface area contributed by atoms with Gasteiger partial charge in [0, 0.05) is 32.1 Å². The van der Waals surface area contributed by atoms with E-state index in [0.29, 0.717) is 35.7 Å². The van der Waals surface area contributed by atoms with E-state index in [4.69, 9.17) is 0 Å². The molecule has 0 aliphatic carbocycles. The van der Waals surface area contributed by atoms with Crippen LogP contribution in [0.1, 0.15) is 25.3 Å². The average molecular weight is 401 g/mol. The van der Waals surface area contributed by atoms with E-state index in [1.54, 1.807) is 28.8 Å². The minimum Gasteiger partial charge on any atom is -0.357 e. The molecule has 2 aromatic heterocycles. The predicted octanol–water partition coefficient (Wildman–Crippen LogP) is 2.45. The van der Waals surface area contributed by atoms with Gasteiger partial charge in [-0.05, 0) is 40.8 Å². The highest BCUT2D eigenvalue weighted by atomic mass is 32.2. The topological polar surface area (TPSA) is 82.6 Å². The molecular weight excluding hydrogens is 376 g/mol. The molecule has 6 nitrogen and oxygen atoms in total. The van der Waals surface area contributed by atoms with E-state index in [0.717, 1.165) is 6.54 Å². The number of sulfonamides is 1. The van der Waals surface area contributed by atoms with Crippen molar-refractivity contribution in [1.29, 1.82) is 0 Å². The molecule has 0 bridgehead atoms. The Morgan fingerprint density at radius 2 is 2.08 bits per heavy atom. The van der Waals surface area contributed by atoms with Gasteiger partial charge in [-0.15, -0.1) is 11.3 Å². The molecule has 25 heavy (non-hydrogen) atoms. The van der Waals surface area contributed by atoms with E-state index < -0.39 is 10.0 Å². The number of hydrogen-bond acceptors (Lipinski definition) is 5. The maximum Gasteiger partial charge on any atom is 0.250 e. The number of guanidine groups is 1. The highest BCUT2D eigenvalue weighted by molar-refractivity contribution is 7.91. The molecule has 0 saturated carbocycles.